The van der Waals surface area contributed by atoms with Gasteiger partial charge in [0, 0.05) is 17.8 Å². The summed E-state index contributed by atoms with van der Waals surface area (Å²) in [4.78, 5) is 26.5. The molecule has 2 aliphatic rings. The predicted octanol–water partition coefficient (Wildman–Crippen LogP) is 1.21. The smallest absolute Gasteiger partial charge is 0.326 e. The summed E-state index contributed by atoms with van der Waals surface area (Å²) >= 11 is 1.66. The second-order valence-corrected chi connectivity index (χ2v) is 6.48. The minimum Gasteiger partial charge on any atom is -0.480 e. The van der Waals surface area contributed by atoms with Crippen LogP contribution in [0.1, 0.15) is 35.6 Å². The topological polar surface area (TPSA) is 77.8 Å². The fourth-order valence-electron chi connectivity index (χ4n) is 3.23. The van der Waals surface area contributed by atoms with Gasteiger partial charge in [-0.1, -0.05) is 0 Å². The minimum atomic E-state index is -1.03. The number of hydrogen-bond acceptors (Lipinski definition) is 4. The molecule has 1 aromatic rings. The van der Waals surface area contributed by atoms with Crippen molar-refractivity contribution in [3.63, 3.8) is 0 Å². The first-order chi connectivity index (χ1) is 9.58. The number of aliphatic hydroxyl groups is 1. The number of aryl methyl sites for hydroxylation is 1. The predicted molar refractivity (Wildman–Crippen MR) is 73.8 cm³/mol. The van der Waals surface area contributed by atoms with Crippen LogP contribution in [0.3, 0.4) is 0 Å². The lowest BCUT2D eigenvalue weighted by atomic mass is 9.86. The third-order valence-corrected chi connectivity index (χ3v) is 5.19. The summed E-state index contributed by atoms with van der Waals surface area (Å²) in [5.74, 6) is -1.42. The SMILES string of the molecule is O=C(O)[C@@H]1C[C@@H](O)CN1C(=O)C1CCCc2sccc21. The Morgan fingerprint density at radius 1 is 1.40 bits per heavy atom. The van der Waals surface area contributed by atoms with Gasteiger partial charge in [-0.05, 0) is 36.3 Å². The highest BCUT2D eigenvalue weighted by Crippen LogP contribution is 2.37. The molecule has 1 aromatic heterocycles. The van der Waals surface area contributed by atoms with Gasteiger partial charge in [0.25, 0.3) is 0 Å². The van der Waals surface area contributed by atoms with Gasteiger partial charge in [0.1, 0.15) is 6.04 Å². The van der Waals surface area contributed by atoms with Crippen LogP contribution in [0, 0.1) is 0 Å². The standard InChI is InChI=1S/C14H17NO4S/c16-8-6-11(14(18)19)15(7-8)13(17)10-2-1-3-12-9(10)4-5-20-12/h4-5,8,10-11,16H,1-3,6-7H2,(H,18,19)/t8-,10?,11+/m1/s1. The quantitative estimate of drug-likeness (QED) is 0.860. The van der Waals surface area contributed by atoms with E-state index in [1.807, 2.05) is 11.4 Å². The van der Waals surface area contributed by atoms with Crippen LogP contribution in [0.4, 0.5) is 0 Å². The molecule has 3 rings (SSSR count). The number of aliphatic carboxylic acids is 1. The van der Waals surface area contributed by atoms with E-state index in [0.29, 0.717) is 0 Å². The summed E-state index contributed by atoms with van der Waals surface area (Å²) in [7, 11) is 0. The fraction of sp³-hybridized carbons (Fsp3) is 0.571. The minimum absolute atomic E-state index is 0.129. The van der Waals surface area contributed by atoms with Gasteiger partial charge >= 0.3 is 5.97 Å². The Morgan fingerprint density at radius 2 is 2.20 bits per heavy atom. The van der Waals surface area contributed by atoms with Crippen LogP contribution in [0.15, 0.2) is 11.4 Å². The monoisotopic (exact) mass is 295 g/mol. The van der Waals surface area contributed by atoms with Gasteiger partial charge < -0.3 is 15.1 Å². The van der Waals surface area contributed by atoms with Gasteiger partial charge in [0.2, 0.25) is 5.91 Å². The maximum Gasteiger partial charge on any atom is 0.326 e. The van der Waals surface area contributed by atoms with E-state index in [0.717, 1.165) is 24.8 Å². The Kier molecular flexibility index (Phi) is 3.52. The molecule has 0 radical (unpaired) electrons. The van der Waals surface area contributed by atoms with Crippen LogP contribution in [-0.2, 0) is 16.0 Å². The highest BCUT2D eigenvalue weighted by molar-refractivity contribution is 7.10. The number of β-amino-alcohol motifs (C(OH)–C–C–N with tert-alkyl or cyclic N) is 1. The number of thiophene rings is 1. The lowest BCUT2D eigenvalue weighted by Crippen LogP contribution is -2.43. The molecule has 0 aromatic carbocycles. The summed E-state index contributed by atoms with van der Waals surface area (Å²) < 4.78 is 0. The maximum absolute atomic E-state index is 12.7. The van der Waals surface area contributed by atoms with E-state index in [9.17, 15) is 19.8 Å². The van der Waals surface area contributed by atoms with Gasteiger partial charge in [-0.25, -0.2) is 4.79 Å². The number of carboxylic acid groups (broad SMARTS) is 1. The van der Waals surface area contributed by atoms with E-state index in [2.05, 4.69) is 0 Å². The molecule has 1 fully saturated rings. The first kappa shape index (κ1) is 13.6. The summed E-state index contributed by atoms with van der Waals surface area (Å²) in [5.41, 5.74) is 1.05. The number of likely N-dealkylation sites (tertiary alicyclic amines) is 1. The molecule has 0 spiro atoms. The van der Waals surface area contributed by atoms with Crippen molar-refractivity contribution in [3.8, 4) is 0 Å². The van der Waals surface area contributed by atoms with Crippen LogP contribution in [-0.4, -0.2) is 45.7 Å². The molecule has 2 N–H and O–H groups in total. The zero-order valence-electron chi connectivity index (χ0n) is 11.0. The van der Waals surface area contributed by atoms with Crippen LogP contribution in [0.25, 0.3) is 0 Å². The average Bonchev–Trinajstić information content (AvgIpc) is 3.03. The molecule has 1 aliphatic carbocycles. The Labute approximate surface area is 120 Å². The zero-order chi connectivity index (χ0) is 14.3. The Hall–Kier alpha value is -1.40. The highest BCUT2D eigenvalue weighted by atomic mass is 32.1. The van der Waals surface area contributed by atoms with Gasteiger partial charge in [0.15, 0.2) is 0 Å². The molecule has 0 saturated carbocycles. The van der Waals surface area contributed by atoms with E-state index in [1.165, 1.54) is 9.78 Å². The Morgan fingerprint density at radius 3 is 2.95 bits per heavy atom. The van der Waals surface area contributed by atoms with Crippen molar-refractivity contribution in [2.24, 2.45) is 0 Å². The fourth-order valence-corrected chi connectivity index (χ4v) is 4.22. The van der Waals surface area contributed by atoms with E-state index in [1.54, 1.807) is 11.3 Å². The maximum atomic E-state index is 12.7. The molecule has 6 heteroatoms. The lowest BCUT2D eigenvalue weighted by Gasteiger charge is -2.29. The summed E-state index contributed by atoms with van der Waals surface area (Å²) in [6.07, 6.45) is 2.12. The van der Waals surface area contributed by atoms with Crippen molar-refractivity contribution in [1.82, 2.24) is 4.90 Å². The molecule has 1 saturated heterocycles. The van der Waals surface area contributed by atoms with Gasteiger partial charge in [0.05, 0.1) is 12.0 Å². The van der Waals surface area contributed by atoms with E-state index in [4.69, 9.17) is 0 Å². The average molecular weight is 295 g/mol. The molecular weight excluding hydrogens is 278 g/mol. The summed E-state index contributed by atoms with van der Waals surface area (Å²) in [5, 5.41) is 20.9. The molecule has 5 nitrogen and oxygen atoms in total. The Balaban J connectivity index is 1.85. The number of fused-ring (bicyclic) bond motifs is 1. The molecule has 108 valence electrons. The van der Waals surface area contributed by atoms with Gasteiger partial charge in [-0.2, -0.15) is 0 Å². The molecule has 2 heterocycles. The molecule has 1 amide bonds. The number of carbonyl (C=O) groups excluding carboxylic acids is 1. The van der Waals surface area contributed by atoms with Crippen LogP contribution < -0.4 is 0 Å². The van der Waals surface area contributed by atoms with Crippen molar-refractivity contribution in [3.05, 3.63) is 21.9 Å². The lowest BCUT2D eigenvalue weighted by molar-refractivity contribution is -0.148. The second kappa shape index (κ2) is 5.18. The summed E-state index contributed by atoms with van der Waals surface area (Å²) in [6.45, 7) is 0.131. The van der Waals surface area contributed by atoms with Crippen molar-refractivity contribution in [2.45, 2.75) is 43.7 Å². The number of nitrogens with zero attached hydrogens (tertiary/aromatic N) is 1. The third-order valence-electron chi connectivity index (χ3n) is 4.20. The highest BCUT2D eigenvalue weighted by Gasteiger charge is 2.42. The van der Waals surface area contributed by atoms with Crippen molar-refractivity contribution < 1.29 is 19.8 Å². The summed E-state index contributed by atoms with van der Waals surface area (Å²) in [6, 6.07) is 1.09. The number of carboxylic acids is 1. The number of rotatable bonds is 2. The Bertz CT molecular complexity index is 541. The molecule has 3 atom stereocenters. The van der Waals surface area contributed by atoms with E-state index >= 15 is 0 Å². The van der Waals surface area contributed by atoms with E-state index in [-0.39, 0.29) is 24.8 Å². The largest absolute Gasteiger partial charge is 0.480 e. The number of aliphatic hydroxyl groups excluding tert-OH is 1. The molecule has 1 aliphatic heterocycles. The van der Waals surface area contributed by atoms with Crippen LogP contribution in [0.2, 0.25) is 0 Å². The van der Waals surface area contributed by atoms with Gasteiger partial charge in [-0.3, -0.25) is 4.79 Å². The van der Waals surface area contributed by atoms with E-state index < -0.39 is 18.1 Å². The van der Waals surface area contributed by atoms with Crippen molar-refractivity contribution >= 4 is 23.2 Å². The zero-order valence-corrected chi connectivity index (χ0v) is 11.8. The first-order valence-electron chi connectivity index (χ1n) is 6.85. The first-order valence-corrected chi connectivity index (χ1v) is 7.73. The third kappa shape index (κ3) is 2.23. The molecule has 20 heavy (non-hydrogen) atoms. The number of hydrogen-bond donors (Lipinski definition) is 2. The van der Waals surface area contributed by atoms with Gasteiger partial charge in [-0.15, -0.1) is 11.3 Å². The molecule has 0 bridgehead atoms. The van der Waals surface area contributed by atoms with Crippen LogP contribution >= 0.6 is 11.3 Å². The molecule has 1 unspecified atom stereocenters. The van der Waals surface area contributed by atoms with Crippen molar-refractivity contribution in [2.75, 3.05) is 6.54 Å². The number of amides is 1. The normalized spacial score (nSPS) is 29.2. The van der Waals surface area contributed by atoms with Crippen molar-refractivity contribution in [1.29, 1.82) is 0 Å². The molecular formula is C14H17NO4S. The second-order valence-electron chi connectivity index (χ2n) is 5.48. The van der Waals surface area contributed by atoms with Crippen LogP contribution in [0.5, 0.6) is 0 Å². The number of carbonyl (C=O) groups is 2.